The highest BCUT2D eigenvalue weighted by molar-refractivity contribution is 5.80. The van der Waals surface area contributed by atoms with Crippen molar-refractivity contribution in [3.63, 3.8) is 0 Å². The van der Waals surface area contributed by atoms with Crippen LogP contribution in [0.1, 0.15) is 50.1 Å². The fourth-order valence-electron chi connectivity index (χ4n) is 5.10. The number of hydrogen-bond acceptors (Lipinski definition) is 3. The number of carbonyl (C=O) groups is 1. The summed E-state index contributed by atoms with van der Waals surface area (Å²) in [6, 6.07) is 11.6. The first kappa shape index (κ1) is 17.0. The lowest BCUT2D eigenvalue weighted by atomic mass is 9.93. The number of nitrogens with zero attached hydrogens (tertiary/aromatic N) is 2. The van der Waals surface area contributed by atoms with Crippen molar-refractivity contribution in [2.75, 3.05) is 32.7 Å². The molecule has 136 valence electrons. The summed E-state index contributed by atoms with van der Waals surface area (Å²) in [5.74, 6) is 0.446. The Labute approximate surface area is 151 Å². The Kier molecular flexibility index (Phi) is 5.37. The molecule has 3 fully saturated rings. The Morgan fingerprint density at radius 3 is 2.64 bits per heavy atom. The summed E-state index contributed by atoms with van der Waals surface area (Å²) in [5, 5.41) is 3.25. The fraction of sp³-hybridized carbons (Fsp3) is 0.667. The van der Waals surface area contributed by atoms with Crippen molar-refractivity contribution in [1.29, 1.82) is 0 Å². The first-order chi connectivity index (χ1) is 12.3. The Morgan fingerprint density at radius 1 is 1.04 bits per heavy atom. The molecule has 4 heteroatoms. The van der Waals surface area contributed by atoms with Crippen molar-refractivity contribution in [2.24, 2.45) is 5.92 Å². The topological polar surface area (TPSA) is 35.6 Å². The lowest BCUT2D eigenvalue weighted by molar-refractivity contribution is -0.125. The number of nitrogens with one attached hydrogen (secondary N) is 1. The van der Waals surface area contributed by atoms with E-state index in [0.717, 1.165) is 26.1 Å². The molecule has 0 unspecified atom stereocenters. The van der Waals surface area contributed by atoms with Gasteiger partial charge in [0.2, 0.25) is 5.91 Å². The molecule has 3 atom stereocenters. The predicted molar refractivity (Wildman–Crippen MR) is 100 cm³/mol. The van der Waals surface area contributed by atoms with E-state index < -0.39 is 0 Å². The standard InChI is InChI=1S/C21H31N3O/c25-21(22-11-15-23-12-5-2-6-13-23)18-16-20(17-8-3-1-4-9-17)24-14-7-10-19(18)24/h1,3-4,8-9,18-20H,2,5-7,10-16H2,(H,22,25)/t18-,19+,20-/m1/s1. The molecule has 3 aliphatic rings. The molecule has 25 heavy (non-hydrogen) atoms. The van der Waals surface area contributed by atoms with Crippen molar-refractivity contribution in [3.8, 4) is 0 Å². The molecular formula is C21H31N3O. The zero-order valence-corrected chi connectivity index (χ0v) is 15.2. The molecule has 0 spiro atoms. The summed E-state index contributed by atoms with van der Waals surface area (Å²) < 4.78 is 0. The van der Waals surface area contributed by atoms with E-state index in [1.807, 2.05) is 0 Å². The van der Waals surface area contributed by atoms with Gasteiger partial charge in [0.25, 0.3) is 0 Å². The van der Waals surface area contributed by atoms with Crippen LogP contribution in [0.15, 0.2) is 30.3 Å². The average Bonchev–Trinajstić information content (AvgIpc) is 3.26. The Balaban J connectivity index is 1.34. The molecule has 0 saturated carbocycles. The lowest BCUT2D eigenvalue weighted by Gasteiger charge is -2.27. The first-order valence-corrected chi connectivity index (χ1v) is 10.1. The monoisotopic (exact) mass is 341 g/mol. The van der Waals surface area contributed by atoms with Gasteiger partial charge < -0.3 is 10.2 Å². The highest BCUT2D eigenvalue weighted by Crippen LogP contribution is 2.44. The van der Waals surface area contributed by atoms with Crippen LogP contribution in [0.4, 0.5) is 0 Å². The molecule has 0 aromatic heterocycles. The third-order valence-electron chi connectivity index (χ3n) is 6.38. The van der Waals surface area contributed by atoms with Crippen LogP contribution in [0, 0.1) is 5.92 Å². The van der Waals surface area contributed by atoms with Crippen LogP contribution < -0.4 is 5.32 Å². The van der Waals surface area contributed by atoms with Gasteiger partial charge in [0.1, 0.15) is 0 Å². The molecule has 0 bridgehead atoms. The normalized spacial score (nSPS) is 30.3. The molecule has 1 amide bonds. The summed E-state index contributed by atoms with van der Waals surface area (Å²) in [5.41, 5.74) is 1.37. The number of piperidine rings is 1. The van der Waals surface area contributed by atoms with Gasteiger partial charge in [-0.25, -0.2) is 0 Å². The SMILES string of the molecule is O=C(NCCN1CCCCC1)[C@@H]1C[C@H](c2ccccc2)N2CCC[C@@H]12. The summed E-state index contributed by atoms with van der Waals surface area (Å²) in [6.45, 7) is 5.35. The molecule has 1 N–H and O–H groups in total. The van der Waals surface area contributed by atoms with Crippen LogP contribution in [0.3, 0.4) is 0 Å². The molecule has 3 aliphatic heterocycles. The maximum absolute atomic E-state index is 12.9. The van der Waals surface area contributed by atoms with Gasteiger partial charge in [-0.2, -0.15) is 0 Å². The van der Waals surface area contributed by atoms with Gasteiger partial charge in [0, 0.05) is 25.2 Å². The maximum Gasteiger partial charge on any atom is 0.224 e. The van der Waals surface area contributed by atoms with Gasteiger partial charge in [0.05, 0.1) is 5.92 Å². The molecule has 4 rings (SSSR count). The zero-order chi connectivity index (χ0) is 17.1. The minimum atomic E-state index is 0.161. The summed E-state index contributed by atoms with van der Waals surface area (Å²) in [6.07, 6.45) is 7.37. The van der Waals surface area contributed by atoms with E-state index in [9.17, 15) is 4.79 Å². The summed E-state index contributed by atoms with van der Waals surface area (Å²) >= 11 is 0. The van der Waals surface area contributed by atoms with Crippen LogP contribution in [0.2, 0.25) is 0 Å². The second kappa shape index (κ2) is 7.88. The van der Waals surface area contributed by atoms with Crippen LogP contribution in [-0.2, 0) is 4.79 Å². The van der Waals surface area contributed by atoms with Gasteiger partial charge >= 0.3 is 0 Å². The second-order valence-corrected chi connectivity index (χ2v) is 7.91. The third-order valence-corrected chi connectivity index (χ3v) is 6.38. The van der Waals surface area contributed by atoms with Crippen molar-refractivity contribution in [2.45, 2.75) is 50.6 Å². The Bertz CT molecular complexity index is 570. The van der Waals surface area contributed by atoms with Gasteiger partial charge in [0.15, 0.2) is 0 Å². The van der Waals surface area contributed by atoms with Gasteiger partial charge in [-0.3, -0.25) is 9.69 Å². The third kappa shape index (κ3) is 3.75. The highest BCUT2D eigenvalue weighted by Gasteiger charge is 2.46. The van der Waals surface area contributed by atoms with E-state index in [4.69, 9.17) is 0 Å². The lowest BCUT2D eigenvalue weighted by Crippen LogP contribution is -2.42. The minimum Gasteiger partial charge on any atom is -0.355 e. The molecule has 3 saturated heterocycles. The Hall–Kier alpha value is -1.39. The summed E-state index contributed by atoms with van der Waals surface area (Å²) in [4.78, 5) is 17.9. The number of fused-ring (bicyclic) bond motifs is 1. The zero-order valence-electron chi connectivity index (χ0n) is 15.2. The molecular weight excluding hydrogens is 310 g/mol. The van der Waals surface area contributed by atoms with Gasteiger partial charge in [-0.05, 0) is 57.3 Å². The average molecular weight is 341 g/mol. The van der Waals surface area contributed by atoms with E-state index in [1.54, 1.807) is 0 Å². The van der Waals surface area contributed by atoms with E-state index in [-0.39, 0.29) is 11.8 Å². The Morgan fingerprint density at radius 2 is 1.84 bits per heavy atom. The first-order valence-electron chi connectivity index (χ1n) is 10.1. The maximum atomic E-state index is 12.9. The molecule has 4 nitrogen and oxygen atoms in total. The molecule has 3 heterocycles. The molecule has 1 aromatic rings. The number of likely N-dealkylation sites (tertiary alicyclic amines) is 1. The van der Waals surface area contributed by atoms with Gasteiger partial charge in [-0.15, -0.1) is 0 Å². The number of carbonyl (C=O) groups excluding carboxylic acids is 1. The van der Waals surface area contributed by atoms with Gasteiger partial charge in [-0.1, -0.05) is 36.8 Å². The number of benzene rings is 1. The van der Waals surface area contributed by atoms with Crippen LogP contribution in [0.25, 0.3) is 0 Å². The van der Waals surface area contributed by atoms with Crippen molar-refractivity contribution in [3.05, 3.63) is 35.9 Å². The van der Waals surface area contributed by atoms with E-state index in [1.165, 1.54) is 50.8 Å². The summed E-state index contributed by atoms with van der Waals surface area (Å²) in [7, 11) is 0. The minimum absolute atomic E-state index is 0.161. The predicted octanol–water partition coefficient (Wildman–Crippen LogP) is 2.81. The van der Waals surface area contributed by atoms with Crippen LogP contribution in [-0.4, -0.2) is 54.5 Å². The fourth-order valence-corrected chi connectivity index (χ4v) is 5.10. The number of amides is 1. The van der Waals surface area contributed by atoms with E-state index >= 15 is 0 Å². The van der Waals surface area contributed by atoms with Crippen LogP contribution in [0.5, 0.6) is 0 Å². The van der Waals surface area contributed by atoms with Crippen molar-refractivity contribution in [1.82, 2.24) is 15.1 Å². The quantitative estimate of drug-likeness (QED) is 0.894. The second-order valence-electron chi connectivity index (χ2n) is 7.91. The van der Waals surface area contributed by atoms with E-state index in [0.29, 0.717) is 12.1 Å². The van der Waals surface area contributed by atoms with E-state index in [2.05, 4.69) is 45.4 Å². The number of hydrogen-bond donors (Lipinski definition) is 1. The van der Waals surface area contributed by atoms with Crippen LogP contribution >= 0.6 is 0 Å². The smallest absolute Gasteiger partial charge is 0.224 e. The number of rotatable bonds is 5. The molecule has 0 radical (unpaired) electrons. The molecule has 1 aromatic carbocycles. The highest BCUT2D eigenvalue weighted by atomic mass is 16.2. The van der Waals surface area contributed by atoms with Crippen molar-refractivity contribution < 1.29 is 4.79 Å². The van der Waals surface area contributed by atoms with Crippen molar-refractivity contribution >= 4 is 5.91 Å². The largest absolute Gasteiger partial charge is 0.355 e. The molecule has 0 aliphatic carbocycles.